The van der Waals surface area contributed by atoms with Gasteiger partial charge in [0.1, 0.15) is 0 Å². The molecule has 0 bridgehead atoms. The molecule has 6 heteroatoms. The summed E-state index contributed by atoms with van der Waals surface area (Å²) in [7, 11) is 0. The first-order valence-electron chi connectivity index (χ1n) is 10.6. The van der Waals surface area contributed by atoms with E-state index >= 15 is 0 Å². The van der Waals surface area contributed by atoms with Crippen LogP contribution in [0, 0.1) is 5.92 Å². The average molecular weight is 427 g/mol. The Bertz CT molecular complexity index is 839. The van der Waals surface area contributed by atoms with E-state index in [2.05, 4.69) is 23.5 Å². The third-order valence-electron chi connectivity index (χ3n) is 5.22. The van der Waals surface area contributed by atoms with Gasteiger partial charge < -0.3 is 15.0 Å². The summed E-state index contributed by atoms with van der Waals surface area (Å²) in [6.07, 6.45) is 5.80. The first kappa shape index (κ1) is 22.2. The Hall–Kier alpha value is -2.44. The molecule has 0 spiro atoms. The summed E-state index contributed by atoms with van der Waals surface area (Å²) >= 11 is 1.67. The number of nitrogens with one attached hydrogen (secondary N) is 1. The van der Waals surface area contributed by atoms with E-state index in [0.717, 1.165) is 11.3 Å². The number of nitrogens with zero attached hydrogens (tertiary/aromatic N) is 1. The zero-order chi connectivity index (χ0) is 21.2. The fraction of sp³-hybridized carbons (Fsp3) is 0.417. The number of rotatable bonds is 9. The standard InChI is InChI=1S/C24H30N2O3S/c1-2-29-18-6-15-25-24(28)20-13-16-26(17-14-20)23(27)12-10-21-9-11-22(30-21)19-7-4-3-5-8-19/h3-5,7-12,20H,2,6,13-18H2,1H3,(H,25,28). The van der Waals surface area contributed by atoms with Gasteiger partial charge in [-0.15, -0.1) is 11.3 Å². The highest BCUT2D eigenvalue weighted by atomic mass is 32.1. The molecule has 1 aromatic carbocycles. The van der Waals surface area contributed by atoms with Gasteiger partial charge in [0.25, 0.3) is 0 Å². The van der Waals surface area contributed by atoms with Crippen molar-refractivity contribution in [2.24, 2.45) is 5.92 Å². The van der Waals surface area contributed by atoms with Crippen molar-refractivity contribution >= 4 is 29.2 Å². The zero-order valence-corrected chi connectivity index (χ0v) is 18.3. The minimum absolute atomic E-state index is 0.00384. The Morgan fingerprint density at radius 2 is 1.93 bits per heavy atom. The van der Waals surface area contributed by atoms with Crippen LogP contribution in [-0.4, -0.2) is 49.6 Å². The SMILES string of the molecule is CCOCCCNC(=O)C1CCN(C(=O)C=Cc2ccc(-c3ccccc3)s2)CC1. The average Bonchev–Trinajstić information content (AvgIpc) is 3.27. The number of benzene rings is 1. The Morgan fingerprint density at radius 3 is 2.67 bits per heavy atom. The van der Waals surface area contributed by atoms with Crippen molar-refractivity contribution in [3.63, 3.8) is 0 Å². The highest BCUT2D eigenvalue weighted by molar-refractivity contribution is 7.16. The number of carbonyl (C=O) groups is 2. The van der Waals surface area contributed by atoms with Gasteiger partial charge in [0.15, 0.2) is 0 Å². The molecule has 2 aromatic rings. The van der Waals surface area contributed by atoms with E-state index in [1.165, 1.54) is 10.4 Å². The largest absolute Gasteiger partial charge is 0.382 e. The molecule has 1 aliphatic heterocycles. The molecule has 0 aliphatic carbocycles. The van der Waals surface area contributed by atoms with Crippen LogP contribution in [0.25, 0.3) is 16.5 Å². The third-order valence-corrected chi connectivity index (χ3v) is 6.32. The van der Waals surface area contributed by atoms with Crippen LogP contribution in [0.5, 0.6) is 0 Å². The van der Waals surface area contributed by atoms with E-state index in [-0.39, 0.29) is 17.7 Å². The van der Waals surface area contributed by atoms with E-state index in [9.17, 15) is 9.59 Å². The van der Waals surface area contributed by atoms with E-state index < -0.39 is 0 Å². The Balaban J connectivity index is 1.42. The van der Waals surface area contributed by atoms with Gasteiger partial charge >= 0.3 is 0 Å². The van der Waals surface area contributed by atoms with E-state index in [4.69, 9.17) is 4.74 Å². The van der Waals surface area contributed by atoms with Gasteiger partial charge in [-0.3, -0.25) is 9.59 Å². The number of hydrogen-bond acceptors (Lipinski definition) is 4. The molecule has 1 aliphatic rings. The maximum Gasteiger partial charge on any atom is 0.246 e. The fourth-order valence-corrected chi connectivity index (χ4v) is 4.41. The first-order valence-corrected chi connectivity index (χ1v) is 11.5. The predicted octanol–water partition coefficient (Wildman–Crippen LogP) is 4.21. The van der Waals surface area contributed by atoms with Gasteiger partial charge in [0, 0.05) is 54.6 Å². The van der Waals surface area contributed by atoms with Gasteiger partial charge in [-0.2, -0.15) is 0 Å². The van der Waals surface area contributed by atoms with Crippen molar-refractivity contribution in [2.75, 3.05) is 32.8 Å². The summed E-state index contributed by atoms with van der Waals surface area (Å²) in [6.45, 7) is 5.24. The predicted molar refractivity (Wildman–Crippen MR) is 122 cm³/mol. The smallest absolute Gasteiger partial charge is 0.246 e. The molecule has 0 atom stereocenters. The van der Waals surface area contributed by atoms with Crippen LogP contribution in [0.1, 0.15) is 31.1 Å². The Labute approximate surface area is 182 Å². The normalized spacial score (nSPS) is 14.9. The summed E-state index contributed by atoms with van der Waals surface area (Å²) < 4.78 is 5.28. The molecule has 0 unspecified atom stereocenters. The lowest BCUT2D eigenvalue weighted by molar-refractivity contribution is -0.132. The lowest BCUT2D eigenvalue weighted by atomic mass is 9.96. The highest BCUT2D eigenvalue weighted by Gasteiger charge is 2.26. The molecule has 1 N–H and O–H groups in total. The van der Waals surface area contributed by atoms with Crippen LogP contribution in [0.3, 0.4) is 0 Å². The Kier molecular flexibility index (Phi) is 8.66. The maximum absolute atomic E-state index is 12.5. The van der Waals surface area contributed by atoms with Gasteiger partial charge in [0.05, 0.1) is 0 Å². The molecule has 1 saturated heterocycles. The van der Waals surface area contributed by atoms with Crippen molar-refractivity contribution in [1.29, 1.82) is 0 Å². The molecule has 2 amide bonds. The van der Waals surface area contributed by atoms with Crippen LogP contribution in [-0.2, 0) is 14.3 Å². The van der Waals surface area contributed by atoms with Crippen molar-refractivity contribution in [2.45, 2.75) is 26.2 Å². The molecule has 0 saturated carbocycles. The number of hydrogen-bond donors (Lipinski definition) is 1. The zero-order valence-electron chi connectivity index (χ0n) is 17.5. The number of ether oxygens (including phenoxy) is 1. The van der Waals surface area contributed by atoms with Crippen molar-refractivity contribution < 1.29 is 14.3 Å². The summed E-state index contributed by atoms with van der Waals surface area (Å²) in [5, 5.41) is 2.98. The summed E-state index contributed by atoms with van der Waals surface area (Å²) in [5.74, 6) is 0.109. The number of thiophene rings is 1. The van der Waals surface area contributed by atoms with E-state index in [1.807, 2.05) is 42.2 Å². The summed E-state index contributed by atoms with van der Waals surface area (Å²) in [6, 6.07) is 14.4. The molecule has 1 fully saturated rings. The minimum atomic E-state index is -0.00384. The lowest BCUT2D eigenvalue weighted by Gasteiger charge is -2.30. The molecular weight excluding hydrogens is 396 g/mol. The molecule has 1 aromatic heterocycles. The second-order valence-corrected chi connectivity index (χ2v) is 8.46. The molecule has 160 valence electrons. The van der Waals surface area contributed by atoms with Gasteiger partial charge in [-0.1, -0.05) is 30.3 Å². The third kappa shape index (κ3) is 6.54. The lowest BCUT2D eigenvalue weighted by Crippen LogP contribution is -2.42. The summed E-state index contributed by atoms with van der Waals surface area (Å²) in [5.41, 5.74) is 1.19. The highest BCUT2D eigenvalue weighted by Crippen LogP contribution is 2.28. The van der Waals surface area contributed by atoms with Crippen molar-refractivity contribution in [3.05, 3.63) is 53.4 Å². The van der Waals surface area contributed by atoms with Crippen molar-refractivity contribution in [1.82, 2.24) is 10.2 Å². The molecule has 5 nitrogen and oxygen atoms in total. The van der Waals surface area contributed by atoms with Gasteiger partial charge in [0.2, 0.25) is 11.8 Å². The van der Waals surface area contributed by atoms with E-state index in [0.29, 0.717) is 45.7 Å². The van der Waals surface area contributed by atoms with Crippen molar-refractivity contribution in [3.8, 4) is 10.4 Å². The van der Waals surface area contributed by atoms with Crippen LogP contribution in [0.15, 0.2) is 48.5 Å². The number of amides is 2. The minimum Gasteiger partial charge on any atom is -0.382 e. The fourth-order valence-electron chi connectivity index (χ4n) is 3.50. The molecule has 2 heterocycles. The molecule has 0 radical (unpaired) electrons. The number of likely N-dealkylation sites (tertiary alicyclic amines) is 1. The van der Waals surface area contributed by atoms with Crippen LogP contribution < -0.4 is 5.32 Å². The van der Waals surface area contributed by atoms with Crippen LogP contribution in [0.2, 0.25) is 0 Å². The molecular formula is C24H30N2O3S. The van der Waals surface area contributed by atoms with E-state index in [1.54, 1.807) is 17.4 Å². The summed E-state index contributed by atoms with van der Waals surface area (Å²) in [4.78, 5) is 28.9. The second-order valence-electron chi connectivity index (χ2n) is 7.34. The van der Waals surface area contributed by atoms with Gasteiger partial charge in [-0.25, -0.2) is 0 Å². The number of piperidine rings is 1. The number of carbonyl (C=O) groups excluding carboxylic acids is 2. The topological polar surface area (TPSA) is 58.6 Å². The quantitative estimate of drug-likeness (QED) is 0.483. The van der Waals surface area contributed by atoms with Crippen LogP contribution in [0.4, 0.5) is 0 Å². The maximum atomic E-state index is 12.5. The second kappa shape index (κ2) is 11.7. The Morgan fingerprint density at radius 1 is 1.17 bits per heavy atom. The first-order chi connectivity index (χ1) is 14.7. The van der Waals surface area contributed by atoms with Crippen LogP contribution >= 0.6 is 11.3 Å². The van der Waals surface area contributed by atoms with Gasteiger partial charge in [-0.05, 0) is 50.0 Å². The molecule has 3 rings (SSSR count). The monoisotopic (exact) mass is 426 g/mol. The molecule has 30 heavy (non-hydrogen) atoms.